The number of carbonyl (C=O) groups is 1. The highest BCUT2D eigenvalue weighted by Crippen LogP contribution is 2.18. The molecule has 0 bridgehead atoms. The summed E-state index contributed by atoms with van der Waals surface area (Å²) < 4.78 is 0. The first-order chi connectivity index (χ1) is 10.6. The summed E-state index contributed by atoms with van der Waals surface area (Å²) in [6.07, 6.45) is 1.35. The molecule has 4 N–H and O–H groups in total. The molecule has 5 heteroatoms. The number of hydrogen-bond donors (Lipinski definition) is 3. The van der Waals surface area contributed by atoms with Crippen molar-refractivity contribution in [2.45, 2.75) is 31.9 Å². The van der Waals surface area contributed by atoms with E-state index in [1.54, 1.807) is 6.07 Å². The van der Waals surface area contributed by atoms with Crippen LogP contribution in [-0.2, 0) is 6.42 Å². The van der Waals surface area contributed by atoms with Crippen molar-refractivity contribution in [1.82, 2.24) is 5.32 Å². The quantitative estimate of drug-likeness (QED) is 0.700. The van der Waals surface area contributed by atoms with Gasteiger partial charge >= 0.3 is 0 Å². The molecule has 1 heterocycles. The fourth-order valence-corrected chi connectivity index (χ4v) is 3.09. The monoisotopic (exact) mass is 318 g/mol. The Morgan fingerprint density at radius 1 is 1.27 bits per heavy atom. The number of hydrogen-bond acceptors (Lipinski definition) is 4. The third-order valence-electron chi connectivity index (χ3n) is 3.57. The third kappa shape index (κ3) is 4.94. The minimum atomic E-state index is -0.494. The van der Waals surface area contributed by atoms with E-state index < -0.39 is 6.10 Å². The molecule has 2 aromatic rings. The number of rotatable bonds is 8. The van der Waals surface area contributed by atoms with E-state index in [4.69, 9.17) is 5.73 Å². The molecule has 0 spiro atoms. The van der Waals surface area contributed by atoms with Gasteiger partial charge in [-0.3, -0.25) is 4.79 Å². The first-order valence-corrected chi connectivity index (χ1v) is 8.23. The van der Waals surface area contributed by atoms with E-state index in [0.717, 1.165) is 23.3 Å². The Morgan fingerprint density at radius 3 is 2.64 bits per heavy atom. The molecular formula is C17H22N2O2S. The molecule has 0 unspecified atom stereocenters. The van der Waals surface area contributed by atoms with Crippen LogP contribution in [0.15, 0.2) is 42.5 Å². The van der Waals surface area contributed by atoms with Crippen LogP contribution in [0.2, 0.25) is 0 Å². The number of aliphatic hydroxyl groups is 1. The van der Waals surface area contributed by atoms with E-state index in [-0.39, 0.29) is 11.9 Å². The van der Waals surface area contributed by atoms with Gasteiger partial charge in [0, 0.05) is 17.5 Å². The Balaban J connectivity index is 1.73. The Bertz CT molecular complexity index is 598. The molecule has 2 atom stereocenters. The van der Waals surface area contributed by atoms with Gasteiger partial charge in [0.2, 0.25) is 0 Å². The predicted molar refractivity (Wildman–Crippen MR) is 90.0 cm³/mol. The number of benzene rings is 1. The summed E-state index contributed by atoms with van der Waals surface area (Å²) in [5.74, 6) is -0.367. The largest absolute Gasteiger partial charge is 0.387 e. The number of thiophene rings is 1. The minimum Gasteiger partial charge on any atom is -0.387 e. The minimum absolute atomic E-state index is 0.289. The zero-order chi connectivity index (χ0) is 15.9. The second-order valence-corrected chi connectivity index (χ2v) is 6.57. The molecule has 2 rings (SSSR count). The summed E-state index contributed by atoms with van der Waals surface area (Å²) in [4.78, 5) is 12.8. The van der Waals surface area contributed by atoms with Crippen LogP contribution < -0.4 is 11.1 Å². The van der Waals surface area contributed by atoms with Gasteiger partial charge in [0.05, 0.1) is 11.0 Å². The lowest BCUT2D eigenvalue weighted by molar-refractivity contribution is 0.100. The molecule has 1 aromatic heterocycles. The highest BCUT2D eigenvalue weighted by molar-refractivity contribution is 7.14. The van der Waals surface area contributed by atoms with Crippen molar-refractivity contribution in [3.63, 3.8) is 0 Å². The summed E-state index contributed by atoms with van der Waals surface area (Å²) in [5.41, 5.74) is 6.17. The SMILES string of the molecule is C[C@@H](CCc1ccc(C(N)=O)s1)NC[C@@H](O)c1ccccc1. The van der Waals surface area contributed by atoms with Crippen LogP contribution in [0.1, 0.15) is 39.6 Å². The summed E-state index contributed by atoms with van der Waals surface area (Å²) in [6, 6.07) is 13.7. The second-order valence-electron chi connectivity index (χ2n) is 5.40. The molecule has 1 amide bonds. The van der Waals surface area contributed by atoms with E-state index in [1.807, 2.05) is 36.4 Å². The van der Waals surface area contributed by atoms with Crippen LogP contribution in [0, 0.1) is 0 Å². The van der Waals surface area contributed by atoms with Crippen molar-refractivity contribution in [3.8, 4) is 0 Å². The van der Waals surface area contributed by atoms with Gasteiger partial charge in [-0.2, -0.15) is 0 Å². The average molecular weight is 318 g/mol. The maximum atomic E-state index is 11.1. The van der Waals surface area contributed by atoms with Crippen molar-refractivity contribution in [1.29, 1.82) is 0 Å². The molecule has 1 aromatic carbocycles. The topological polar surface area (TPSA) is 75.4 Å². The number of amides is 1. The van der Waals surface area contributed by atoms with Gasteiger partial charge in [-0.05, 0) is 37.5 Å². The lowest BCUT2D eigenvalue weighted by atomic mass is 10.1. The Labute approximate surface area is 135 Å². The van der Waals surface area contributed by atoms with Gasteiger partial charge < -0.3 is 16.2 Å². The van der Waals surface area contributed by atoms with Crippen LogP contribution >= 0.6 is 11.3 Å². The van der Waals surface area contributed by atoms with E-state index in [0.29, 0.717) is 11.4 Å². The van der Waals surface area contributed by atoms with Gasteiger partial charge in [-0.25, -0.2) is 0 Å². The lowest BCUT2D eigenvalue weighted by Gasteiger charge is -2.17. The molecule has 0 radical (unpaired) electrons. The summed E-state index contributed by atoms with van der Waals surface area (Å²) in [6.45, 7) is 2.63. The van der Waals surface area contributed by atoms with Gasteiger partial charge in [-0.15, -0.1) is 11.3 Å². The van der Waals surface area contributed by atoms with E-state index in [1.165, 1.54) is 11.3 Å². The summed E-state index contributed by atoms with van der Waals surface area (Å²) >= 11 is 1.45. The van der Waals surface area contributed by atoms with E-state index in [2.05, 4.69) is 12.2 Å². The van der Waals surface area contributed by atoms with Crippen molar-refractivity contribution >= 4 is 17.2 Å². The molecule has 118 valence electrons. The molecule has 0 saturated carbocycles. The van der Waals surface area contributed by atoms with Crippen LogP contribution in [0.3, 0.4) is 0 Å². The second kappa shape index (κ2) is 8.08. The number of carbonyl (C=O) groups excluding carboxylic acids is 1. The number of primary amides is 1. The number of aliphatic hydroxyl groups excluding tert-OH is 1. The molecule has 0 aliphatic heterocycles. The lowest BCUT2D eigenvalue weighted by Crippen LogP contribution is -2.30. The van der Waals surface area contributed by atoms with Crippen LogP contribution in [0.5, 0.6) is 0 Å². The number of nitrogens with two attached hydrogens (primary N) is 1. The smallest absolute Gasteiger partial charge is 0.258 e. The van der Waals surface area contributed by atoms with Crippen LogP contribution in [-0.4, -0.2) is 23.6 Å². The Hall–Kier alpha value is -1.69. The predicted octanol–water partition coefficient (Wildman–Crippen LogP) is 2.49. The Kier molecular flexibility index (Phi) is 6.12. The standard InChI is InChI=1S/C17H22N2O2S/c1-12(7-8-14-9-10-16(22-14)17(18)21)19-11-15(20)13-5-3-2-4-6-13/h2-6,9-10,12,15,19-20H,7-8,11H2,1H3,(H2,18,21)/t12-,15+/m0/s1. The van der Waals surface area contributed by atoms with E-state index in [9.17, 15) is 9.90 Å². The third-order valence-corrected chi connectivity index (χ3v) is 4.73. The molecule has 0 fully saturated rings. The van der Waals surface area contributed by atoms with Crippen molar-refractivity contribution in [2.24, 2.45) is 5.73 Å². The zero-order valence-corrected chi connectivity index (χ0v) is 13.5. The van der Waals surface area contributed by atoms with E-state index >= 15 is 0 Å². The summed E-state index contributed by atoms with van der Waals surface area (Å²) in [7, 11) is 0. The fraction of sp³-hybridized carbons (Fsp3) is 0.353. The Morgan fingerprint density at radius 2 is 2.00 bits per heavy atom. The molecule has 4 nitrogen and oxygen atoms in total. The maximum Gasteiger partial charge on any atom is 0.258 e. The first-order valence-electron chi connectivity index (χ1n) is 7.41. The van der Waals surface area contributed by atoms with Crippen molar-refractivity contribution < 1.29 is 9.90 Å². The molecule has 0 saturated heterocycles. The van der Waals surface area contributed by atoms with Gasteiger partial charge in [0.15, 0.2) is 0 Å². The van der Waals surface area contributed by atoms with Gasteiger partial charge in [0.25, 0.3) is 5.91 Å². The normalized spacial score (nSPS) is 13.7. The highest BCUT2D eigenvalue weighted by Gasteiger charge is 2.10. The fourth-order valence-electron chi connectivity index (χ4n) is 2.21. The average Bonchev–Trinajstić information content (AvgIpc) is 3.00. The molecule has 22 heavy (non-hydrogen) atoms. The van der Waals surface area contributed by atoms with Gasteiger partial charge in [0.1, 0.15) is 0 Å². The van der Waals surface area contributed by atoms with Gasteiger partial charge in [-0.1, -0.05) is 30.3 Å². The zero-order valence-electron chi connectivity index (χ0n) is 12.7. The van der Waals surface area contributed by atoms with Crippen LogP contribution in [0.4, 0.5) is 0 Å². The highest BCUT2D eigenvalue weighted by atomic mass is 32.1. The molecule has 0 aliphatic carbocycles. The van der Waals surface area contributed by atoms with Crippen LogP contribution in [0.25, 0.3) is 0 Å². The number of nitrogens with one attached hydrogen (secondary N) is 1. The molecule has 0 aliphatic rings. The summed E-state index contributed by atoms with van der Waals surface area (Å²) in [5, 5.41) is 13.5. The molecular weight excluding hydrogens is 296 g/mol. The maximum absolute atomic E-state index is 11.1. The first kappa shape index (κ1) is 16.7. The number of aryl methyl sites for hydroxylation is 1. The van der Waals surface area contributed by atoms with Crippen molar-refractivity contribution in [3.05, 3.63) is 57.8 Å². The van der Waals surface area contributed by atoms with Crippen molar-refractivity contribution in [2.75, 3.05) is 6.54 Å².